The summed E-state index contributed by atoms with van der Waals surface area (Å²) in [6, 6.07) is 17.0. The summed E-state index contributed by atoms with van der Waals surface area (Å²) in [6.07, 6.45) is 3.13. The molecule has 3 aromatic rings. The van der Waals surface area contributed by atoms with Crippen molar-refractivity contribution in [1.29, 1.82) is 0 Å². The van der Waals surface area contributed by atoms with Gasteiger partial charge in [-0.25, -0.2) is 9.66 Å². The highest BCUT2D eigenvalue weighted by Gasteiger charge is 2.38. The molecule has 5 rings (SSSR count). The summed E-state index contributed by atoms with van der Waals surface area (Å²) in [5.74, 6) is 2.03. The molecule has 0 bridgehead atoms. The topological polar surface area (TPSA) is 102 Å². The van der Waals surface area contributed by atoms with E-state index in [1.54, 1.807) is 4.68 Å². The predicted octanol–water partition coefficient (Wildman–Crippen LogP) is 3.51. The van der Waals surface area contributed by atoms with Crippen molar-refractivity contribution in [2.75, 3.05) is 25.1 Å². The van der Waals surface area contributed by atoms with Crippen LogP contribution in [0.3, 0.4) is 0 Å². The first-order chi connectivity index (χ1) is 16.5. The fourth-order valence-corrected chi connectivity index (χ4v) is 4.93. The van der Waals surface area contributed by atoms with Gasteiger partial charge in [-0.2, -0.15) is 0 Å². The van der Waals surface area contributed by atoms with E-state index in [1.807, 2.05) is 59.5 Å². The van der Waals surface area contributed by atoms with E-state index >= 15 is 0 Å². The summed E-state index contributed by atoms with van der Waals surface area (Å²) >= 11 is 0. The van der Waals surface area contributed by atoms with Crippen LogP contribution in [-0.4, -0.2) is 46.0 Å². The molecule has 3 N–H and O–H groups in total. The van der Waals surface area contributed by atoms with Crippen LogP contribution in [0.5, 0.6) is 11.5 Å². The summed E-state index contributed by atoms with van der Waals surface area (Å²) in [6.45, 7) is 5.66. The van der Waals surface area contributed by atoms with Crippen LogP contribution in [-0.2, 0) is 4.79 Å². The smallest absolute Gasteiger partial charge is 0.269 e. The number of amides is 2. The Morgan fingerprint density at radius 3 is 2.53 bits per heavy atom. The van der Waals surface area contributed by atoms with Gasteiger partial charge in [0, 0.05) is 31.1 Å². The van der Waals surface area contributed by atoms with Gasteiger partial charge in [-0.05, 0) is 61.2 Å². The van der Waals surface area contributed by atoms with E-state index in [9.17, 15) is 9.59 Å². The minimum atomic E-state index is -0.540. The minimum absolute atomic E-state index is 0.0453. The molecular weight excluding hydrogens is 430 g/mol. The number of fused-ring (bicyclic) bond motifs is 1. The van der Waals surface area contributed by atoms with Gasteiger partial charge in [-0.3, -0.25) is 9.59 Å². The number of primary amides is 1. The van der Waals surface area contributed by atoms with Crippen molar-refractivity contribution in [3.8, 4) is 22.8 Å². The molecular formula is C26H27N5O3. The largest absolute Gasteiger partial charge is 0.457 e. The Hall–Kier alpha value is -4.07. The number of ether oxygens (including phenoxy) is 1. The molecule has 3 heterocycles. The zero-order valence-electron chi connectivity index (χ0n) is 18.8. The average Bonchev–Trinajstić information content (AvgIpc) is 3.50. The van der Waals surface area contributed by atoms with Crippen LogP contribution in [0.25, 0.3) is 11.3 Å². The van der Waals surface area contributed by atoms with Gasteiger partial charge >= 0.3 is 0 Å². The van der Waals surface area contributed by atoms with Crippen molar-refractivity contribution >= 4 is 11.8 Å². The number of nitrogens with one attached hydrogen (secondary N) is 1. The summed E-state index contributed by atoms with van der Waals surface area (Å²) in [4.78, 5) is 31.3. The number of benzene rings is 2. The Labute approximate surface area is 198 Å². The molecule has 0 radical (unpaired) electrons. The second-order valence-electron chi connectivity index (χ2n) is 8.65. The van der Waals surface area contributed by atoms with E-state index in [0.717, 1.165) is 30.0 Å². The third kappa shape index (κ3) is 4.03. The molecule has 1 aromatic heterocycles. The number of hydrogen-bond acceptors (Lipinski definition) is 5. The van der Waals surface area contributed by atoms with Crippen molar-refractivity contribution in [2.45, 2.75) is 18.8 Å². The van der Waals surface area contributed by atoms with Crippen LogP contribution in [0.15, 0.2) is 67.3 Å². The maximum absolute atomic E-state index is 12.5. The molecule has 34 heavy (non-hydrogen) atoms. The van der Waals surface area contributed by atoms with Crippen LogP contribution < -0.4 is 15.9 Å². The highest BCUT2D eigenvalue weighted by Crippen LogP contribution is 2.38. The zero-order valence-corrected chi connectivity index (χ0v) is 18.8. The number of nitrogens with two attached hydrogens (primary N) is 1. The molecule has 2 unspecified atom stereocenters. The maximum Gasteiger partial charge on any atom is 0.269 e. The van der Waals surface area contributed by atoms with Crippen molar-refractivity contribution in [2.24, 2.45) is 11.7 Å². The monoisotopic (exact) mass is 457 g/mol. The number of carbonyl (C=O) groups excluding carboxylic acids is 2. The highest BCUT2D eigenvalue weighted by atomic mass is 16.5. The Bertz CT molecular complexity index is 1220. The molecule has 2 atom stereocenters. The molecule has 1 fully saturated rings. The van der Waals surface area contributed by atoms with Gasteiger partial charge in [0.15, 0.2) is 5.69 Å². The molecule has 2 aliphatic heterocycles. The van der Waals surface area contributed by atoms with Gasteiger partial charge in [0.1, 0.15) is 23.0 Å². The molecule has 2 aliphatic rings. The van der Waals surface area contributed by atoms with E-state index in [0.29, 0.717) is 36.8 Å². The van der Waals surface area contributed by atoms with Gasteiger partial charge in [-0.15, -0.1) is 0 Å². The number of imidazole rings is 1. The molecule has 174 valence electrons. The Balaban J connectivity index is 1.45. The fourth-order valence-electron chi connectivity index (χ4n) is 4.93. The van der Waals surface area contributed by atoms with Gasteiger partial charge in [0.2, 0.25) is 5.91 Å². The fraction of sp³-hybridized carbons (Fsp3) is 0.269. The number of rotatable bonds is 6. The molecule has 0 spiro atoms. The maximum atomic E-state index is 12.5. The summed E-state index contributed by atoms with van der Waals surface area (Å²) in [5.41, 5.74) is 10.8. The molecule has 0 saturated carbocycles. The van der Waals surface area contributed by atoms with E-state index in [1.165, 1.54) is 6.08 Å². The highest BCUT2D eigenvalue weighted by molar-refractivity contribution is 5.97. The summed E-state index contributed by atoms with van der Waals surface area (Å²) < 4.78 is 7.63. The van der Waals surface area contributed by atoms with Crippen LogP contribution >= 0.6 is 0 Å². The minimum Gasteiger partial charge on any atom is -0.457 e. The Morgan fingerprint density at radius 1 is 1.09 bits per heavy atom. The first-order valence-corrected chi connectivity index (χ1v) is 11.5. The second kappa shape index (κ2) is 9.05. The zero-order chi connectivity index (χ0) is 23.7. The van der Waals surface area contributed by atoms with Crippen molar-refractivity contribution < 1.29 is 14.3 Å². The molecule has 8 heteroatoms. The summed E-state index contributed by atoms with van der Waals surface area (Å²) in [7, 11) is 0. The van der Waals surface area contributed by atoms with Gasteiger partial charge in [0.25, 0.3) is 5.91 Å². The number of hydrogen-bond donors (Lipinski definition) is 2. The van der Waals surface area contributed by atoms with Crippen molar-refractivity contribution in [3.63, 3.8) is 0 Å². The lowest BCUT2D eigenvalue weighted by Gasteiger charge is -2.29. The van der Waals surface area contributed by atoms with E-state index in [-0.39, 0.29) is 17.7 Å². The lowest BCUT2D eigenvalue weighted by atomic mass is 9.87. The standard InChI is InChI=1S/C26H27N5O3/c1-2-22(32)30-15-13-18(16-30)21-12-14-28-31-24(25(27)33)23(29-26(21)31)17-8-10-20(11-9-17)34-19-6-4-3-5-7-19/h2-11,18,21,28H,1,12-16H2,(H2,27,33). The van der Waals surface area contributed by atoms with E-state index in [4.69, 9.17) is 15.5 Å². The first-order valence-electron chi connectivity index (χ1n) is 11.5. The number of aromatic nitrogens is 2. The summed E-state index contributed by atoms with van der Waals surface area (Å²) in [5, 5.41) is 0. The average molecular weight is 458 g/mol. The normalized spacial score (nSPS) is 19.2. The van der Waals surface area contributed by atoms with Crippen LogP contribution in [0.4, 0.5) is 0 Å². The third-order valence-electron chi connectivity index (χ3n) is 6.58. The molecule has 8 nitrogen and oxygen atoms in total. The van der Waals surface area contributed by atoms with Crippen LogP contribution in [0.2, 0.25) is 0 Å². The predicted molar refractivity (Wildman–Crippen MR) is 129 cm³/mol. The lowest BCUT2D eigenvalue weighted by molar-refractivity contribution is -0.125. The molecule has 1 saturated heterocycles. The van der Waals surface area contributed by atoms with Gasteiger partial charge < -0.3 is 20.8 Å². The quantitative estimate of drug-likeness (QED) is 0.552. The Morgan fingerprint density at radius 2 is 1.82 bits per heavy atom. The molecule has 0 aliphatic carbocycles. The number of para-hydroxylation sites is 1. The SMILES string of the molecule is C=CC(=O)N1CCC(C2CCNn3c2nc(-c2ccc(Oc4ccccc4)cc2)c3C(N)=O)C1. The van der Waals surface area contributed by atoms with Crippen LogP contribution in [0, 0.1) is 5.92 Å². The van der Waals surface area contributed by atoms with E-state index in [2.05, 4.69) is 12.0 Å². The first kappa shape index (κ1) is 21.8. The third-order valence-corrected chi connectivity index (χ3v) is 6.58. The van der Waals surface area contributed by atoms with Crippen molar-refractivity contribution in [1.82, 2.24) is 14.6 Å². The second-order valence-corrected chi connectivity index (χ2v) is 8.65. The van der Waals surface area contributed by atoms with Gasteiger partial charge in [-0.1, -0.05) is 24.8 Å². The molecule has 2 amide bonds. The van der Waals surface area contributed by atoms with E-state index < -0.39 is 5.91 Å². The lowest BCUT2D eigenvalue weighted by Crippen LogP contribution is -2.35. The Kier molecular flexibility index (Phi) is 5.79. The number of carbonyl (C=O) groups is 2. The van der Waals surface area contributed by atoms with Crippen molar-refractivity contribution in [3.05, 3.63) is 78.8 Å². The molecule has 2 aromatic carbocycles. The number of nitrogens with zero attached hydrogens (tertiary/aromatic N) is 3. The van der Waals surface area contributed by atoms with Gasteiger partial charge in [0.05, 0.1) is 0 Å². The number of likely N-dealkylation sites (tertiary alicyclic amines) is 1. The van der Waals surface area contributed by atoms with Crippen LogP contribution in [0.1, 0.15) is 35.1 Å².